The maximum Gasteiger partial charge on any atom is 0.0480 e. The fourth-order valence-corrected chi connectivity index (χ4v) is 4.49. The number of aromatic amines is 1. The van der Waals surface area contributed by atoms with E-state index in [-0.39, 0.29) is 5.92 Å². The van der Waals surface area contributed by atoms with E-state index in [0.29, 0.717) is 0 Å². The average molecular weight is 415 g/mol. The first kappa shape index (κ1) is 16.4. The van der Waals surface area contributed by atoms with E-state index in [2.05, 4.69) is 118 Å². The van der Waals surface area contributed by atoms with Crippen LogP contribution >= 0.6 is 15.9 Å². The van der Waals surface area contributed by atoms with E-state index in [9.17, 15) is 0 Å². The van der Waals surface area contributed by atoms with Gasteiger partial charge >= 0.3 is 0 Å². The molecule has 3 heteroatoms. The predicted molar refractivity (Wildman–Crippen MR) is 116 cm³/mol. The van der Waals surface area contributed by atoms with Crippen molar-refractivity contribution in [1.82, 2.24) is 9.55 Å². The standard InChI is InChI=1S/C24H19BrN2/c1-27-15-21(18-9-5-6-10-23(18)27)24(16-7-3-2-4-8-16)20-14-26-22-12-11-17(25)13-19(20)22/h2-15,24,26H,1H3. The van der Waals surface area contributed by atoms with Crippen LogP contribution in [0.25, 0.3) is 21.8 Å². The molecule has 0 saturated carbocycles. The number of hydrogen-bond acceptors (Lipinski definition) is 0. The van der Waals surface area contributed by atoms with Gasteiger partial charge in [-0.1, -0.05) is 64.5 Å². The molecule has 0 bridgehead atoms. The third kappa shape index (κ3) is 2.70. The first-order chi connectivity index (χ1) is 13.2. The van der Waals surface area contributed by atoms with Crippen LogP contribution in [0.3, 0.4) is 0 Å². The Labute approximate surface area is 166 Å². The van der Waals surface area contributed by atoms with Crippen molar-refractivity contribution in [3.8, 4) is 0 Å². The molecule has 5 aromatic rings. The number of fused-ring (bicyclic) bond motifs is 2. The SMILES string of the molecule is Cn1cc(C(c2ccccc2)c2c[nH]c3ccc(Br)cc23)c2ccccc21. The number of nitrogens with one attached hydrogen (secondary N) is 1. The molecule has 0 aliphatic rings. The van der Waals surface area contributed by atoms with Crippen LogP contribution in [0.15, 0.2) is 89.7 Å². The van der Waals surface area contributed by atoms with E-state index < -0.39 is 0 Å². The van der Waals surface area contributed by atoms with Gasteiger partial charge in [0.2, 0.25) is 0 Å². The molecule has 0 aliphatic heterocycles. The third-order valence-electron chi connectivity index (χ3n) is 5.36. The highest BCUT2D eigenvalue weighted by Gasteiger charge is 2.23. The van der Waals surface area contributed by atoms with Gasteiger partial charge in [-0.15, -0.1) is 0 Å². The molecule has 5 rings (SSSR count). The second-order valence-corrected chi connectivity index (χ2v) is 7.91. The molecule has 0 aliphatic carbocycles. The molecular formula is C24H19BrN2. The number of benzene rings is 3. The van der Waals surface area contributed by atoms with E-state index in [1.807, 2.05) is 0 Å². The second kappa shape index (κ2) is 6.43. The van der Waals surface area contributed by atoms with Gasteiger partial charge in [-0.05, 0) is 41.0 Å². The van der Waals surface area contributed by atoms with Crippen LogP contribution in [0, 0.1) is 0 Å². The zero-order valence-electron chi connectivity index (χ0n) is 15.0. The number of halogens is 1. The van der Waals surface area contributed by atoms with Crippen molar-refractivity contribution in [3.63, 3.8) is 0 Å². The van der Waals surface area contributed by atoms with E-state index >= 15 is 0 Å². The number of aromatic nitrogens is 2. The summed E-state index contributed by atoms with van der Waals surface area (Å²) < 4.78 is 3.33. The number of nitrogens with zero attached hydrogens (tertiary/aromatic N) is 1. The molecule has 0 fully saturated rings. The highest BCUT2D eigenvalue weighted by molar-refractivity contribution is 9.10. The number of aryl methyl sites for hydroxylation is 1. The Morgan fingerprint density at radius 3 is 2.48 bits per heavy atom. The van der Waals surface area contributed by atoms with Crippen molar-refractivity contribution in [1.29, 1.82) is 0 Å². The van der Waals surface area contributed by atoms with Gasteiger partial charge in [-0.3, -0.25) is 0 Å². The van der Waals surface area contributed by atoms with Crippen LogP contribution in [0.4, 0.5) is 0 Å². The van der Waals surface area contributed by atoms with Gasteiger partial charge in [0.1, 0.15) is 0 Å². The highest BCUT2D eigenvalue weighted by Crippen LogP contribution is 2.40. The van der Waals surface area contributed by atoms with Crippen LogP contribution in [0.2, 0.25) is 0 Å². The largest absolute Gasteiger partial charge is 0.361 e. The number of rotatable bonds is 3. The summed E-state index contributed by atoms with van der Waals surface area (Å²) in [5.41, 5.74) is 6.35. The molecule has 3 aromatic carbocycles. The lowest BCUT2D eigenvalue weighted by atomic mass is 9.85. The fraction of sp³-hybridized carbons (Fsp3) is 0.0833. The lowest BCUT2D eigenvalue weighted by Crippen LogP contribution is -2.02. The summed E-state index contributed by atoms with van der Waals surface area (Å²) in [6.45, 7) is 0. The van der Waals surface area contributed by atoms with Gasteiger partial charge in [-0.25, -0.2) is 0 Å². The van der Waals surface area contributed by atoms with Crippen molar-refractivity contribution >= 4 is 37.7 Å². The Balaban J connectivity index is 1.83. The van der Waals surface area contributed by atoms with Gasteiger partial charge in [-0.2, -0.15) is 0 Å². The lowest BCUT2D eigenvalue weighted by Gasteiger charge is -2.17. The first-order valence-corrected chi connectivity index (χ1v) is 9.87. The lowest BCUT2D eigenvalue weighted by molar-refractivity contribution is 0.931. The van der Waals surface area contributed by atoms with Crippen molar-refractivity contribution in [2.75, 3.05) is 0 Å². The van der Waals surface area contributed by atoms with E-state index in [4.69, 9.17) is 0 Å². The molecule has 132 valence electrons. The van der Waals surface area contributed by atoms with Gasteiger partial charge in [0.25, 0.3) is 0 Å². The molecule has 0 saturated heterocycles. The monoisotopic (exact) mass is 414 g/mol. The molecule has 0 radical (unpaired) electrons. The zero-order valence-corrected chi connectivity index (χ0v) is 16.6. The molecule has 0 spiro atoms. The highest BCUT2D eigenvalue weighted by atomic mass is 79.9. The summed E-state index contributed by atoms with van der Waals surface area (Å²) >= 11 is 3.64. The summed E-state index contributed by atoms with van der Waals surface area (Å²) in [7, 11) is 2.12. The Bertz CT molecular complexity index is 1250. The third-order valence-corrected chi connectivity index (χ3v) is 5.85. The van der Waals surface area contributed by atoms with Crippen molar-refractivity contribution in [3.05, 3.63) is 106 Å². The van der Waals surface area contributed by atoms with E-state index in [0.717, 1.165) is 9.99 Å². The summed E-state index contributed by atoms with van der Waals surface area (Å²) in [5, 5.41) is 2.56. The fourth-order valence-electron chi connectivity index (χ4n) is 4.13. The molecular weight excluding hydrogens is 396 g/mol. The normalized spacial score (nSPS) is 12.7. The van der Waals surface area contributed by atoms with Crippen molar-refractivity contribution in [2.45, 2.75) is 5.92 Å². The molecule has 1 N–H and O–H groups in total. The first-order valence-electron chi connectivity index (χ1n) is 9.08. The van der Waals surface area contributed by atoms with Crippen LogP contribution < -0.4 is 0 Å². The van der Waals surface area contributed by atoms with Crippen LogP contribution in [0.5, 0.6) is 0 Å². The minimum absolute atomic E-state index is 0.167. The summed E-state index contributed by atoms with van der Waals surface area (Å²) in [4.78, 5) is 3.46. The topological polar surface area (TPSA) is 20.7 Å². The predicted octanol–water partition coefficient (Wildman–Crippen LogP) is 6.60. The van der Waals surface area contributed by atoms with E-state index in [1.165, 1.54) is 33.0 Å². The minimum atomic E-state index is 0.167. The minimum Gasteiger partial charge on any atom is -0.361 e. The average Bonchev–Trinajstić information content (AvgIpc) is 3.25. The Kier molecular flexibility index (Phi) is 3.91. The zero-order chi connectivity index (χ0) is 18.4. The van der Waals surface area contributed by atoms with Crippen LogP contribution in [-0.2, 0) is 7.05 Å². The maximum absolute atomic E-state index is 3.64. The van der Waals surface area contributed by atoms with Crippen molar-refractivity contribution in [2.24, 2.45) is 7.05 Å². The number of hydrogen-bond donors (Lipinski definition) is 1. The molecule has 2 aromatic heterocycles. The van der Waals surface area contributed by atoms with Crippen molar-refractivity contribution < 1.29 is 0 Å². The van der Waals surface area contributed by atoms with Gasteiger partial charge in [0, 0.05) is 51.6 Å². The van der Waals surface area contributed by atoms with Crippen LogP contribution in [-0.4, -0.2) is 9.55 Å². The molecule has 27 heavy (non-hydrogen) atoms. The molecule has 2 heterocycles. The maximum atomic E-state index is 3.64. The van der Waals surface area contributed by atoms with Crippen LogP contribution in [0.1, 0.15) is 22.6 Å². The van der Waals surface area contributed by atoms with E-state index in [1.54, 1.807) is 0 Å². The molecule has 1 atom stereocenters. The summed E-state index contributed by atoms with van der Waals surface area (Å²) in [6.07, 6.45) is 4.44. The van der Waals surface area contributed by atoms with Gasteiger partial charge in [0.15, 0.2) is 0 Å². The summed E-state index contributed by atoms with van der Waals surface area (Å²) in [5.74, 6) is 0.167. The Hall–Kier alpha value is -2.78. The number of H-pyrrole nitrogens is 1. The summed E-state index contributed by atoms with van der Waals surface area (Å²) in [6, 6.07) is 25.8. The molecule has 2 nitrogen and oxygen atoms in total. The number of para-hydroxylation sites is 1. The Morgan fingerprint density at radius 1 is 0.852 bits per heavy atom. The van der Waals surface area contributed by atoms with Gasteiger partial charge in [0.05, 0.1) is 0 Å². The smallest absolute Gasteiger partial charge is 0.0480 e. The quantitative estimate of drug-likeness (QED) is 0.343. The van der Waals surface area contributed by atoms with Gasteiger partial charge < -0.3 is 9.55 Å². The molecule has 0 amide bonds. The molecule has 1 unspecified atom stereocenters. The Morgan fingerprint density at radius 2 is 1.63 bits per heavy atom. The second-order valence-electron chi connectivity index (χ2n) is 6.99.